The van der Waals surface area contributed by atoms with E-state index < -0.39 is 0 Å². The summed E-state index contributed by atoms with van der Waals surface area (Å²) in [4.78, 5) is 10.3. The fourth-order valence-corrected chi connectivity index (χ4v) is 1.04. The molecule has 0 aliphatic carbocycles. The monoisotopic (exact) mass is 142 g/mol. The lowest BCUT2D eigenvalue weighted by molar-refractivity contribution is -0.117. The Labute approximate surface area is 61.6 Å². The van der Waals surface area contributed by atoms with E-state index in [4.69, 9.17) is 0 Å². The molecule has 0 aromatic rings. The van der Waals surface area contributed by atoms with Gasteiger partial charge >= 0.3 is 5.97 Å². The third-order valence-electron chi connectivity index (χ3n) is 1.78. The van der Waals surface area contributed by atoms with Crippen molar-refractivity contribution in [2.24, 2.45) is 0 Å². The fourth-order valence-electron chi connectivity index (χ4n) is 1.04. The van der Waals surface area contributed by atoms with E-state index in [9.17, 15) is 4.79 Å². The van der Waals surface area contributed by atoms with Gasteiger partial charge in [0.05, 0.1) is 0 Å². The van der Waals surface area contributed by atoms with Gasteiger partial charge in [-0.05, 0) is 12.8 Å². The molecule has 0 radical (unpaired) electrons. The molecule has 0 N–H and O–H groups in total. The predicted molar refractivity (Wildman–Crippen MR) is 38.6 cm³/mol. The molecule has 2 heteroatoms. The van der Waals surface area contributed by atoms with Crippen molar-refractivity contribution in [2.45, 2.75) is 45.1 Å². The minimum atomic E-state index is -0.0168. The average molecular weight is 142 g/mol. The molecule has 1 fully saturated rings. The molecule has 1 unspecified atom stereocenters. The molecule has 10 heavy (non-hydrogen) atoms. The normalized spacial score (nSPS) is 22.5. The van der Waals surface area contributed by atoms with Crippen molar-refractivity contribution >= 4 is 5.97 Å². The molecule has 0 aromatic carbocycles. The summed E-state index contributed by atoms with van der Waals surface area (Å²) in [5, 5.41) is 0. The number of hydrogen-bond acceptors (Lipinski definition) is 2. The zero-order valence-corrected chi connectivity index (χ0v) is 6.43. The Kier molecular flexibility index (Phi) is 2.72. The van der Waals surface area contributed by atoms with Gasteiger partial charge in [0.25, 0.3) is 0 Å². The van der Waals surface area contributed by atoms with E-state index in [1.54, 1.807) is 0 Å². The number of ether oxygens (including phenoxy) is 1. The van der Waals surface area contributed by atoms with Gasteiger partial charge in [-0.2, -0.15) is 0 Å². The molecule has 0 amide bonds. The molecular formula is C8H14O2. The predicted octanol–water partition coefficient (Wildman–Crippen LogP) is 1.88. The summed E-state index contributed by atoms with van der Waals surface area (Å²) in [6, 6.07) is 0. The Bertz CT molecular complexity index is 120. The van der Waals surface area contributed by atoms with E-state index >= 15 is 0 Å². The van der Waals surface area contributed by atoms with Gasteiger partial charge in [-0.25, -0.2) is 4.79 Å². The van der Waals surface area contributed by atoms with Crippen LogP contribution in [0.15, 0.2) is 0 Å². The van der Waals surface area contributed by atoms with Crippen LogP contribution in [0, 0.1) is 0 Å². The number of cyclic esters (lactones) is 1. The van der Waals surface area contributed by atoms with Gasteiger partial charge in [0.2, 0.25) is 0 Å². The molecule has 2 nitrogen and oxygen atoms in total. The third kappa shape index (κ3) is 2.38. The SMILES string of the molecule is CCCCCCC1OC1=O. The molecular weight excluding hydrogens is 128 g/mol. The Morgan fingerprint density at radius 3 is 2.60 bits per heavy atom. The van der Waals surface area contributed by atoms with Crippen molar-refractivity contribution in [1.29, 1.82) is 0 Å². The number of carbonyl (C=O) groups is 1. The van der Waals surface area contributed by atoms with Crippen molar-refractivity contribution in [2.75, 3.05) is 0 Å². The first kappa shape index (κ1) is 7.58. The van der Waals surface area contributed by atoms with Gasteiger partial charge in [0.1, 0.15) is 0 Å². The first-order valence-corrected chi connectivity index (χ1v) is 4.05. The Hall–Kier alpha value is -0.530. The van der Waals surface area contributed by atoms with Crippen molar-refractivity contribution in [3.63, 3.8) is 0 Å². The highest BCUT2D eigenvalue weighted by Crippen LogP contribution is 2.19. The van der Waals surface area contributed by atoms with Gasteiger partial charge in [0.15, 0.2) is 6.10 Å². The lowest BCUT2D eigenvalue weighted by atomic mass is 10.1. The number of rotatable bonds is 5. The smallest absolute Gasteiger partial charge is 0.348 e. The van der Waals surface area contributed by atoms with Crippen LogP contribution in [-0.4, -0.2) is 12.1 Å². The second-order valence-corrected chi connectivity index (χ2v) is 2.77. The number of epoxide rings is 1. The van der Waals surface area contributed by atoms with Gasteiger partial charge in [-0.15, -0.1) is 0 Å². The topological polar surface area (TPSA) is 29.6 Å². The van der Waals surface area contributed by atoms with E-state index in [-0.39, 0.29) is 12.1 Å². The largest absolute Gasteiger partial charge is 0.448 e. The molecule has 0 spiro atoms. The lowest BCUT2D eigenvalue weighted by Crippen LogP contribution is -1.87. The van der Waals surface area contributed by atoms with Crippen LogP contribution in [-0.2, 0) is 9.53 Å². The second kappa shape index (κ2) is 3.59. The number of unbranched alkanes of at least 4 members (excludes halogenated alkanes) is 3. The molecule has 1 aliphatic rings. The summed E-state index contributed by atoms with van der Waals surface area (Å²) in [6.45, 7) is 2.18. The number of carbonyl (C=O) groups excluding carboxylic acids is 1. The molecule has 0 saturated carbocycles. The van der Waals surface area contributed by atoms with E-state index in [2.05, 4.69) is 11.7 Å². The summed E-state index contributed by atoms with van der Waals surface area (Å²) in [7, 11) is 0. The highest BCUT2D eigenvalue weighted by atomic mass is 16.6. The van der Waals surface area contributed by atoms with Crippen molar-refractivity contribution in [3.05, 3.63) is 0 Å². The van der Waals surface area contributed by atoms with Crippen LogP contribution in [0.1, 0.15) is 39.0 Å². The molecule has 0 bridgehead atoms. The van der Waals surface area contributed by atoms with Crippen LogP contribution in [0.2, 0.25) is 0 Å². The van der Waals surface area contributed by atoms with Crippen LogP contribution in [0.5, 0.6) is 0 Å². The fraction of sp³-hybridized carbons (Fsp3) is 0.875. The average Bonchev–Trinajstić information content (AvgIpc) is 2.60. The molecule has 0 aromatic heterocycles. The summed E-state index contributed by atoms with van der Waals surface area (Å²) in [6.07, 6.45) is 5.84. The van der Waals surface area contributed by atoms with Gasteiger partial charge in [-0.1, -0.05) is 26.2 Å². The standard InChI is InChI=1S/C8H14O2/c1-2-3-4-5-6-7-8(9)10-7/h7H,2-6H2,1H3. The molecule has 1 saturated heterocycles. The maximum Gasteiger partial charge on any atom is 0.348 e. The molecule has 1 rings (SSSR count). The number of hydrogen-bond donors (Lipinski definition) is 0. The summed E-state index contributed by atoms with van der Waals surface area (Å²) >= 11 is 0. The Morgan fingerprint density at radius 2 is 2.10 bits per heavy atom. The third-order valence-corrected chi connectivity index (χ3v) is 1.78. The maximum absolute atomic E-state index is 10.3. The minimum absolute atomic E-state index is 0.00324. The van der Waals surface area contributed by atoms with Crippen molar-refractivity contribution in [3.8, 4) is 0 Å². The highest BCUT2D eigenvalue weighted by Gasteiger charge is 2.36. The summed E-state index contributed by atoms with van der Waals surface area (Å²) in [5.41, 5.74) is 0. The first-order chi connectivity index (χ1) is 4.84. The zero-order chi connectivity index (χ0) is 7.40. The minimum Gasteiger partial charge on any atom is -0.448 e. The van der Waals surface area contributed by atoms with Crippen LogP contribution < -0.4 is 0 Å². The van der Waals surface area contributed by atoms with E-state index in [1.165, 1.54) is 19.3 Å². The van der Waals surface area contributed by atoms with E-state index in [0.717, 1.165) is 12.8 Å². The van der Waals surface area contributed by atoms with Gasteiger partial charge in [0, 0.05) is 0 Å². The highest BCUT2D eigenvalue weighted by molar-refractivity contribution is 5.87. The van der Waals surface area contributed by atoms with Crippen LogP contribution in [0.25, 0.3) is 0 Å². The molecule has 58 valence electrons. The van der Waals surface area contributed by atoms with Gasteiger partial charge < -0.3 is 4.74 Å². The quantitative estimate of drug-likeness (QED) is 0.433. The van der Waals surface area contributed by atoms with Crippen LogP contribution in [0.3, 0.4) is 0 Å². The molecule has 1 aliphatic heterocycles. The van der Waals surface area contributed by atoms with Crippen molar-refractivity contribution < 1.29 is 9.53 Å². The van der Waals surface area contributed by atoms with E-state index in [0.29, 0.717) is 0 Å². The molecule has 1 heterocycles. The first-order valence-electron chi connectivity index (χ1n) is 4.05. The lowest BCUT2D eigenvalue weighted by Gasteiger charge is -1.92. The van der Waals surface area contributed by atoms with Crippen LogP contribution in [0.4, 0.5) is 0 Å². The Balaban J connectivity index is 1.82. The maximum atomic E-state index is 10.3. The second-order valence-electron chi connectivity index (χ2n) is 2.77. The van der Waals surface area contributed by atoms with Crippen molar-refractivity contribution in [1.82, 2.24) is 0 Å². The summed E-state index contributed by atoms with van der Waals surface area (Å²) in [5.74, 6) is -0.00324. The van der Waals surface area contributed by atoms with E-state index in [1.807, 2.05) is 0 Å². The van der Waals surface area contributed by atoms with Crippen LogP contribution >= 0.6 is 0 Å². The molecule has 1 atom stereocenters. The summed E-state index contributed by atoms with van der Waals surface area (Å²) < 4.78 is 4.66. The Morgan fingerprint density at radius 1 is 1.40 bits per heavy atom. The zero-order valence-electron chi connectivity index (χ0n) is 6.43. The van der Waals surface area contributed by atoms with Gasteiger partial charge in [-0.3, -0.25) is 0 Å².